The van der Waals surface area contributed by atoms with Gasteiger partial charge in [0.1, 0.15) is 11.9 Å². The summed E-state index contributed by atoms with van der Waals surface area (Å²) in [6.45, 7) is 3.91. The maximum atomic E-state index is 12.1. The second kappa shape index (κ2) is 6.49. The first-order valence-corrected chi connectivity index (χ1v) is 7.10. The van der Waals surface area contributed by atoms with Crippen molar-refractivity contribution < 1.29 is 9.53 Å². The number of rotatable bonds is 3. The molecule has 1 amide bonds. The van der Waals surface area contributed by atoms with Gasteiger partial charge < -0.3 is 15.0 Å². The molecule has 1 aromatic heterocycles. The highest BCUT2D eigenvalue weighted by Gasteiger charge is 2.31. The zero-order chi connectivity index (χ0) is 13.8. The van der Waals surface area contributed by atoms with E-state index in [1.165, 1.54) is 0 Å². The zero-order valence-electron chi connectivity index (χ0n) is 10.4. The summed E-state index contributed by atoms with van der Waals surface area (Å²) in [6.07, 6.45) is 1.58. The van der Waals surface area contributed by atoms with Crippen LogP contribution < -0.4 is 10.2 Å². The Balaban J connectivity index is 2.28. The van der Waals surface area contributed by atoms with Gasteiger partial charge in [0.05, 0.1) is 17.7 Å². The third-order valence-corrected chi connectivity index (χ3v) is 3.49. The van der Waals surface area contributed by atoms with E-state index in [0.29, 0.717) is 36.6 Å². The average molecular weight is 350 g/mol. The molecule has 0 saturated carbocycles. The van der Waals surface area contributed by atoms with Crippen LogP contribution in [0.2, 0.25) is 5.28 Å². The van der Waals surface area contributed by atoms with Crippen molar-refractivity contribution in [3.05, 3.63) is 16.0 Å². The van der Waals surface area contributed by atoms with E-state index in [1.54, 1.807) is 6.20 Å². The van der Waals surface area contributed by atoms with Gasteiger partial charge in [-0.05, 0) is 34.5 Å². The lowest BCUT2D eigenvalue weighted by molar-refractivity contribution is -0.124. The molecule has 1 N–H and O–H groups in total. The molecule has 0 radical (unpaired) electrons. The van der Waals surface area contributed by atoms with E-state index in [2.05, 4.69) is 31.2 Å². The van der Waals surface area contributed by atoms with Gasteiger partial charge in [-0.15, -0.1) is 0 Å². The molecular formula is C11H14BrClN4O2. The minimum Gasteiger partial charge on any atom is -0.377 e. The van der Waals surface area contributed by atoms with E-state index in [1.807, 2.05) is 11.8 Å². The molecule has 1 saturated heterocycles. The van der Waals surface area contributed by atoms with Gasteiger partial charge in [0, 0.05) is 19.3 Å². The molecule has 0 bridgehead atoms. The number of carbonyl (C=O) groups excluding carboxylic acids is 1. The highest BCUT2D eigenvalue weighted by atomic mass is 79.9. The Kier molecular flexibility index (Phi) is 4.95. The van der Waals surface area contributed by atoms with Gasteiger partial charge in [-0.3, -0.25) is 4.79 Å². The molecule has 2 heterocycles. The summed E-state index contributed by atoms with van der Waals surface area (Å²) in [5.41, 5.74) is 0. The number of hydrogen-bond acceptors (Lipinski definition) is 5. The molecule has 1 aliphatic heterocycles. The Hall–Kier alpha value is -0.920. The average Bonchev–Trinajstić information content (AvgIpc) is 2.42. The second-order valence-corrected chi connectivity index (χ2v) is 5.18. The van der Waals surface area contributed by atoms with Crippen LogP contribution >= 0.6 is 27.5 Å². The fourth-order valence-corrected chi connectivity index (χ4v) is 2.45. The van der Waals surface area contributed by atoms with E-state index in [9.17, 15) is 4.79 Å². The van der Waals surface area contributed by atoms with Crippen molar-refractivity contribution in [2.24, 2.45) is 0 Å². The molecule has 104 valence electrons. The summed E-state index contributed by atoms with van der Waals surface area (Å²) in [5, 5.41) is 2.95. The first kappa shape index (κ1) is 14.5. The summed E-state index contributed by atoms with van der Waals surface area (Å²) in [7, 11) is 0. The number of morpholine rings is 1. The monoisotopic (exact) mass is 348 g/mol. The van der Waals surface area contributed by atoms with Crippen molar-refractivity contribution in [1.82, 2.24) is 15.3 Å². The van der Waals surface area contributed by atoms with Crippen LogP contribution in [0.3, 0.4) is 0 Å². The largest absolute Gasteiger partial charge is 0.377 e. The van der Waals surface area contributed by atoms with Crippen molar-refractivity contribution in [2.75, 3.05) is 31.2 Å². The number of hydrogen-bond donors (Lipinski definition) is 1. The van der Waals surface area contributed by atoms with Crippen LogP contribution in [-0.2, 0) is 9.53 Å². The van der Waals surface area contributed by atoms with Crippen molar-refractivity contribution >= 4 is 39.3 Å². The summed E-state index contributed by atoms with van der Waals surface area (Å²) < 4.78 is 6.08. The van der Waals surface area contributed by atoms with E-state index in [-0.39, 0.29) is 11.2 Å². The molecular weight excluding hydrogens is 336 g/mol. The number of halogens is 2. The highest BCUT2D eigenvalue weighted by molar-refractivity contribution is 9.10. The van der Waals surface area contributed by atoms with E-state index >= 15 is 0 Å². The Labute approximate surface area is 124 Å². The number of nitrogens with one attached hydrogen (secondary N) is 1. The highest BCUT2D eigenvalue weighted by Crippen LogP contribution is 2.27. The number of amides is 1. The van der Waals surface area contributed by atoms with Gasteiger partial charge in [-0.1, -0.05) is 0 Å². The predicted octanol–water partition coefficient (Wildman–Crippen LogP) is 1.23. The van der Waals surface area contributed by atoms with Gasteiger partial charge in [0.2, 0.25) is 11.2 Å². The van der Waals surface area contributed by atoms with Crippen LogP contribution in [-0.4, -0.2) is 48.2 Å². The summed E-state index contributed by atoms with van der Waals surface area (Å²) in [4.78, 5) is 22.0. The van der Waals surface area contributed by atoms with Crippen LogP contribution in [0.1, 0.15) is 6.92 Å². The van der Waals surface area contributed by atoms with Crippen LogP contribution in [0.5, 0.6) is 0 Å². The molecule has 19 heavy (non-hydrogen) atoms. The molecule has 0 spiro atoms. The van der Waals surface area contributed by atoms with Crippen molar-refractivity contribution in [2.45, 2.75) is 13.0 Å². The third-order valence-electron chi connectivity index (χ3n) is 2.75. The molecule has 1 fully saturated rings. The molecule has 8 heteroatoms. The number of aromatic nitrogens is 2. The number of nitrogens with zero attached hydrogens (tertiary/aromatic N) is 3. The Morgan fingerprint density at radius 2 is 2.53 bits per heavy atom. The smallest absolute Gasteiger partial charge is 0.245 e. The summed E-state index contributed by atoms with van der Waals surface area (Å²) in [6, 6.07) is -0.407. The van der Waals surface area contributed by atoms with Gasteiger partial charge in [0.25, 0.3) is 0 Å². The fraction of sp³-hybridized carbons (Fsp3) is 0.545. The molecule has 0 aromatic carbocycles. The SMILES string of the molecule is CCNC(=O)C1COCCN1c1nc(Cl)ncc1Br. The minimum atomic E-state index is -0.407. The van der Waals surface area contributed by atoms with Gasteiger partial charge in [-0.2, -0.15) is 4.98 Å². The number of anilines is 1. The van der Waals surface area contributed by atoms with Gasteiger partial charge in [-0.25, -0.2) is 4.98 Å². The lowest BCUT2D eigenvalue weighted by atomic mass is 10.2. The molecule has 0 aliphatic carbocycles. The van der Waals surface area contributed by atoms with Gasteiger partial charge in [0.15, 0.2) is 0 Å². The Bertz CT molecular complexity index is 474. The lowest BCUT2D eigenvalue weighted by Gasteiger charge is -2.35. The maximum Gasteiger partial charge on any atom is 0.245 e. The molecule has 1 aromatic rings. The number of ether oxygens (including phenoxy) is 1. The summed E-state index contributed by atoms with van der Waals surface area (Å²) >= 11 is 9.21. The quantitative estimate of drug-likeness (QED) is 0.832. The number of carbonyl (C=O) groups is 1. The minimum absolute atomic E-state index is 0.0798. The Morgan fingerprint density at radius 3 is 3.26 bits per heavy atom. The van der Waals surface area contributed by atoms with Crippen molar-refractivity contribution in [3.63, 3.8) is 0 Å². The zero-order valence-corrected chi connectivity index (χ0v) is 12.7. The van der Waals surface area contributed by atoms with E-state index in [4.69, 9.17) is 16.3 Å². The third kappa shape index (κ3) is 3.34. The first-order valence-electron chi connectivity index (χ1n) is 5.93. The predicted molar refractivity (Wildman–Crippen MR) is 75.4 cm³/mol. The molecule has 1 unspecified atom stereocenters. The Morgan fingerprint density at radius 1 is 1.74 bits per heavy atom. The van der Waals surface area contributed by atoms with E-state index in [0.717, 1.165) is 0 Å². The van der Waals surface area contributed by atoms with Gasteiger partial charge >= 0.3 is 0 Å². The molecule has 1 atom stereocenters. The topological polar surface area (TPSA) is 67.3 Å². The molecule has 1 aliphatic rings. The van der Waals surface area contributed by atoms with Crippen LogP contribution in [0.25, 0.3) is 0 Å². The fourth-order valence-electron chi connectivity index (χ4n) is 1.91. The molecule has 6 nitrogen and oxygen atoms in total. The lowest BCUT2D eigenvalue weighted by Crippen LogP contribution is -2.54. The molecule has 2 rings (SSSR count). The van der Waals surface area contributed by atoms with Crippen LogP contribution in [0.15, 0.2) is 10.7 Å². The van der Waals surface area contributed by atoms with Crippen LogP contribution in [0, 0.1) is 0 Å². The van der Waals surface area contributed by atoms with Crippen molar-refractivity contribution in [1.29, 1.82) is 0 Å². The van der Waals surface area contributed by atoms with E-state index < -0.39 is 6.04 Å². The van der Waals surface area contributed by atoms with Crippen LogP contribution in [0.4, 0.5) is 5.82 Å². The standard InChI is InChI=1S/C11H14BrClN4O2/c1-2-14-10(18)8-6-19-4-3-17(8)9-7(12)5-15-11(13)16-9/h5,8H,2-4,6H2,1H3,(H,14,18). The number of likely N-dealkylation sites (N-methyl/N-ethyl adjacent to an activating group) is 1. The normalized spacial score (nSPS) is 19.3. The second-order valence-electron chi connectivity index (χ2n) is 3.99. The first-order chi connectivity index (χ1) is 9.13. The summed E-state index contributed by atoms with van der Waals surface area (Å²) in [5.74, 6) is 0.531. The maximum absolute atomic E-state index is 12.1. The van der Waals surface area contributed by atoms with Crippen molar-refractivity contribution in [3.8, 4) is 0 Å².